The summed E-state index contributed by atoms with van der Waals surface area (Å²) in [7, 11) is 1.96. The number of ether oxygens (including phenoxy) is 1. The van der Waals surface area contributed by atoms with Crippen LogP contribution in [0, 0.1) is 0 Å². The zero-order chi connectivity index (χ0) is 14.8. The van der Waals surface area contributed by atoms with Gasteiger partial charge in [-0.15, -0.1) is 0 Å². The molecule has 0 saturated carbocycles. The first-order chi connectivity index (χ1) is 9.40. The number of hydrogen-bond acceptors (Lipinski definition) is 2. The van der Waals surface area contributed by atoms with Gasteiger partial charge in [0.15, 0.2) is 0 Å². The highest BCUT2D eigenvalue weighted by Crippen LogP contribution is 2.25. The van der Waals surface area contributed by atoms with Crippen LogP contribution >= 0.6 is 11.6 Å². The molecule has 0 saturated heterocycles. The Balaban J connectivity index is 2.25. The number of aromatic nitrogens is 1. The van der Waals surface area contributed by atoms with Crippen LogP contribution in [0.5, 0.6) is 0 Å². The summed E-state index contributed by atoms with van der Waals surface area (Å²) in [5.74, 6) is 0. The Morgan fingerprint density at radius 3 is 2.70 bits per heavy atom. The van der Waals surface area contributed by atoms with Gasteiger partial charge in [0, 0.05) is 35.2 Å². The standard InChI is InChI=1S/C16H23ClN2O/c1-16(2,3)20-8-7-19-11-12(10-18-4)14-6-5-13(17)9-15(14)19/h5-6,9,11,18H,7-8,10H2,1-4H3. The largest absolute Gasteiger partial charge is 0.374 e. The van der Waals surface area contributed by atoms with Crippen LogP contribution in [-0.4, -0.2) is 23.8 Å². The van der Waals surface area contributed by atoms with Gasteiger partial charge in [-0.3, -0.25) is 0 Å². The van der Waals surface area contributed by atoms with Gasteiger partial charge in [0.25, 0.3) is 0 Å². The van der Waals surface area contributed by atoms with E-state index in [2.05, 4.69) is 42.9 Å². The Labute approximate surface area is 125 Å². The predicted molar refractivity (Wildman–Crippen MR) is 85.4 cm³/mol. The summed E-state index contributed by atoms with van der Waals surface area (Å²) in [4.78, 5) is 0. The summed E-state index contributed by atoms with van der Waals surface area (Å²) in [6.45, 7) is 8.60. The molecule has 1 N–H and O–H groups in total. The van der Waals surface area contributed by atoms with Gasteiger partial charge in [-0.2, -0.15) is 0 Å². The van der Waals surface area contributed by atoms with Crippen molar-refractivity contribution in [2.75, 3.05) is 13.7 Å². The Kier molecular flexibility index (Phi) is 4.74. The smallest absolute Gasteiger partial charge is 0.0652 e. The van der Waals surface area contributed by atoms with E-state index in [-0.39, 0.29) is 5.60 Å². The van der Waals surface area contributed by atoms with Crippen molar-refractivity contribution in [3.8, 4) is 0 Å². The average molecular weight is 295 g/mol. The molecule has 0 atom stereocenters. The summed E-state index contributed by atoms with van der Waals surface area (Å²) in [6.07, 6.45) is 2.18. The van der Waals surface area contributed by atoms with Crippen LogP contribution < -0.4 is 5.32 Å². The van der Waals surface area contributed by atoms with Gasteiger partial charge in [-0.25, -0.2) is 0 Å². The second-order valence-corrected chi connectivity index (χ2v) is 6.44. The van der Waals surface area contributed by atoms with Gasteiger partial charge in [0.2, 0.25) is 0 Å². The van der Waals surface area contributed by atoms with Gasteiger partial charge in [-0.1, -0.05) is 17.7 Å². The van der Waals surface area contributed by atoms with Crippen LogP contribution in [0.15, 0.2) is 24.4 Å². The molecular weight excluding hydrogens is 272 g/mol. The molecule has 1 aromatic heterocycles. The molecule has 0 fully saturated rings. The number of nitrogens with zero attached hydrogens (tertiary/aromatic N) is 1. The highest BCUT2D eigenvalue weighted by molar-refractivity contribution is 6.31. The minimum atomic E-state index is -0.103. The van der Waals surface area contributed by atoms with Crippen molar-refractivity contribution < 1.29 is 4.74 Å². The van der Waals surface area contributed by atoms with Crippen LogP contribution in [-0.2, 0) is 17.8 Å². The topological polar surface area (TPSA) is 26.2 Å². The predicted octanol–water partition coefficient (Wildman–Crippen LogP) is 3.83. The van der Waals surface area contributed by atoms with Gasteiger partial charge in [0.1, 0.15) is 0 Å². The quantitative estimate of drug-likeness (QED) is 0.907. The minimum absolute atomic E-state index is 0.103. The summed E-state index contributed by atoms with van der Waals surface area (Å²) in [5, 5.41) is 5.22. The molecule has 1 aromatic carbocycles. The zero-order valence-electron chi connectivity index (χ0n) is 12.7. The van der Waals surface area contributed by atoms with Crippen molar-refractivity contribution in [2.24, 2.45) is 0 Å². The molecule has 2 aromatic rings. The molecule has 20 heavy (non-hydrogen) atoms. The van der Waals surface area contributed by atoms with E-state index >= 15 is 0 Å². The lowest BCUT2D eigenvalue weighted by Crippen LogP contribution is -2.21. The van der Waals surface area contributed by atoms with E-state index in [1.165, 1.54) is 16.5 Å². The second-order valence-electron chi connectivity index (χ2n) is 6.00. The lowest BCUT2D eigenvalue weighted by Gasteiger charge is -2.19. The molecule has 0 aliphatic heterocycles. The summed E-state index contributed by atoms with van der Waals surface area (Å²) >= 11 is 6.12. The van der Waals surface area contributed by atoms with E-state index in [4.69, 9.17) is 16.3 Å². The fourth-order valence-electron chi connectivity index (χ4n) is 2.31. The Bertz CT molecular complexity index is 584. The van der Waals surface area contributed by atoms with E-state index < -0.39 is 0 Å². The third kappa shape index (κ3) is 3.75. The number of nitrogens with one attached hydrogen (secondary N) is 1. The zero-order valence-corrected chi connectivity index (χ0v) is 13.4. The van der Waals surface area contributed by atoms with Crippen molar-refractivity contribution in [3.63, 3.8) is 0 Å². The highest BCUT2D eigenvalue weighted by Gasteiger charge is 2.12. The van der Waals surface area contributed by atoms with E-state index in [0.29, 0.717) is 6.61 Å². The lowest BCUT2D eigenvalue weighted by atomic mass is 10.2. The molecule has 0 spiro atoms. The molecule has 0 aliphatic carbocycles. The number of rotatable bonds is 5. The molecule has 2 rings (SSSR count). The van der Waals surface area contributed by atoms with Crippen molar-refractivity contribution in [2.45, 2.75) is 39.5 Å². The van der Waals surface area contributed by atoms with Crippen molar-refractivity contribution in [1.82, 2.24) is 9.88 Å². The maximum Gasteiger partial charge on any atom is 0.0652 e. The van der Waals surface area contributed by atoms with Gasteiger partial charge < -0.3 is 14.6 Å². The molecule has 0 aliphatic rings. The Hall–Kier alpha value is -1.03. The third-order valence-corrected chi connectivity index (χ3v) is 3.40. The molecule has 3 nitrogen and oxygen atoms in total. The van der Waals surface area contributed by atoms with Crippen molar-refractivity contribution in [3.05, 3.63) is 35.0 Å². The fourth-order valence-corrected chi connectivity index (χ4v) is 2.47. The summed E-state index contributed by atoms with van der Waals surface area (Å²) < 4.78 is 8.03. The SMILES string of the molecule is CNCc1cn(CCOC(C)(C)C)c2cc(Cl)ccc12. The highest BCUT2D eigenvalue weighted by atomic mass is 35.5. The second kappa shape index (κ2) is 6.17. The first kappa shape index (κ1) is 15.4. The van der Waals surface area contributed by atoms with Crippen molar-refractivity contribution >= 4 is 22.5 Å². The normalized spacial score (nSPS) is 12.2. The molecule has 0 unspecified atom stereocenters. The Morgan fingerprint density at radius 1 is 1.30 bits per heavy atom. The molecule has 0 bridgehead atoms. The summed E-state index contributed by atoms with van der Waals surface area (Å²) in [5.41, 5.74) is 2.35. The van der Waals surface area contributed by atoms with Gasteiger partial charge >= 0.3 is 0 Å². The van der Waals surface area contributed by atoms with E-state index in [1.54, 1.807) is 0 Å². The molecule has 4 heteroatoms. The lowest BCUT2D eigenvalue weighted by molar-refractivity contribution is -0.00645. The maximum absolute atomic E-state index is 6.12. The number of fused-ring (bicyclic) bond motifs is 1. The first-order valence-corrected chi connectivity index (χ1v) is 7.34. The van der Waals surface area contributed by atoms with Crippen LogP contribution in [0.1, 0.15) is 26.3 Å². The van der Waals surface area contributed by atoms with Crippen molar-refractivity contribution in [1.29, 1.82) is 0 Å². The van der Waals surface area contributed by atoms with E-state index in [9.17, 15) is 0 Å². The van der Waals surface area contributed by atoms with E-state index in [1.807, 2.05) is 19.2 Å². The fraction of sp³-hybridized carbons (Fsp3) is 0.500. The molecule has 0 radical (unpaired) electrons. The summed E-state index contributed by atoms with van der Waals surface area (Å²) in [6, 6.07) is 6.05. The van der Waals surface area contributed by atoms with Gasteiger partial charge in [0.05, 0.1) is 12.2 Å². The minimum Gasteiger partial charge on any atom is -0.374 e. The van der Waals surface area contributed by atoms with Crippen LogP contribution in [0.2, 0.25) is 5.02 Å². The average Bonchev–Trinajstić information content (AvgIpc) is 2.66. The number of benzene rings is 1. The molecule has 0 amide bonds. The van der Waals surface area contributed by atoms with Crippen LogP contribution in [0.25, 0.3) is 10.9 Å². The van der Waals surface area contributed by atoms with Crippen LogP contribution in [0.4, 0.5) is 0 Å². The Morgan fingerprint density at radius 2 is 2.05 bits per heavy atom. The molecule has 1 heterocycles. The monoisotopic (exact) mass is 294 g/mol. The van der Waals surface area contributed by atoms with E-state index in [0.717, 1.165) is 18.1 Å². The first-order valence-electron chi connectivity index (χ1n) is 6.96. The number of hydrogen-bond donors (Lipinski definition) is 1. The number of halogens is 1. The molecule has 110 valence electrons. The third-order valence-electron chi connectivity index (χ3n) is 3.16. The van der Waals surface area contributed by atoms with Crippen LogP contribution in [0.3, 0.4) is 0 Å². The van der Waals surface area contributed by atoms with Gasteiger partial charge in [-0.05, 0) is 45.5 Å². The molecular formula is C16H23ClN2O. The maximum atomic E-state index is 6.12.